The van der Waals surface area contributed by atoms with Gasteiger partial charge in [0.05, 0.1) is 0 Å². The maximum absolute atomic E-state index is 9.22. The number of hydrogen-bond donors (Lipinski definition) is 1. The summed E-state index contributed by atoms with van der Waals surface area (Å²) in [5, 5.41) is 0. The van der Waals surface area contributed by atoms with Gasteiger partial charge in [0.2, 0.25) is 0 Å². The van der Waals surface area contributed by atoms with Crippen LogP contribution in [0, 0.1) is 0 Å². The van der Waals surface area contributed by atoms with Crippen molar-refractivity contribution in [1.29, 1.82) is 0 Å². The molecule has 0 rings (SSSR count). The van der Waals surface area contributed by atoms with E-state index >= 15 is 0 Å². The molecule has 0 aliphatic heterocycles. The lowest BCUT2D eigenvalue weighted by Crippen LogP contribution is -2.00. The minimum absolute atomic E-state index is 0.934. The Bertz CT molecular complexity index is 46.0. The second kappa shape index (κ2) is 2.58. The standard InChI is InChI=1S/C5H14OS/c1-4-7(3,6)5-2/h6H,4-5H2,1-3H3. The Morgan fingerprint density at radius 1 is 1.29 bits per heavy atom. The lowest BCUT2D eigenvalue weighted by molar-refractivity contribution is 0.633. The van der Waals surface area contributed by atoms with Crippen molar-refractivity contribution < 1.29 is 4.55 Å². The Balaban J connectivity index is 3.36. The van der Waals surface area contributed by atoms with Gasteiger partial charge in [-0.25, -0.2) is 0 Å². The smallest absolute Gasteiger partial charge is 0.00435 e. The average molecular weight is 122 g/mol. The zero-order valence-corrected chi connectivity index (χ0v) is 6.09. The first kappa shape index (κ1) is 7.31. The van der Waals surface area contributed by atoms with Crippen molar-refractivity contribution in [2.45, 2.75) is 13.8 Å². The van der Waals surface area contributed by atoms with Crippen LogP contribution in [0.4, 0.5) is 0 Å². The number of rotatable bonds is 2. The highest BCUT2D eigenvalue weighted by atomic mass is 32.3. The monoisotopic (exact) mass is 122 g/mol. The summed E-state index contributed by atoms with van der Waals surface area (Å²) in [5.74, 6) is 1.87. The van der Waals surface area contributed by atoms with Crippen LogP contribution in [-0.4, -0.2) is 22.3 Å². The van der Waals surface area contributed by atoms with Crippen molar-refractivity contribution in [1.82, 2.24) is 0 Å². The minimum atomic E-state index is -1.16. The fourth-order valence-electron chi connectivity index (χ4n) is 0.204. The molecule has 0 atom stereocenters. The molecule has 0 unspecified atom stereocenters. The molecule has 0 bridgehead atoms. The Morgan fingerprint density at radius 3 is 1.57 bits per heavy atom. The summed E-state index contributed by atoms with van der Waals surface area (Å²) in [4.78, 5) is 0. The molecule has 2 heteroatoms. The molecule has 0 aromatic carbocycles. The van der Waals surface area contributed by atoms with Gasteiger partial charge in [-0.2, -0.15) is 0 Å². The Morgan fingerprint density at radius 2 is 1.57 bits per heavy atom. The molecule has 0 fully saturated rings. The molecular weight excluding hydrogens is 108 g/mol. The van der Waals surface area contributed by atoms with Gasteiger partial charge in [-0.3, -0.25) is 0 Å². The van der Waals surface area contributed by atoms with E-state index in [4.69, 9.17) is 0 Å². The van der Waals surface area contributed by atoms with Crippen LogP contribution in [0.3, 0.4) is 0 Å². The van der Waals surface area contributed by atoms with Gasteiger partial charge in [0.15, 0.2) is 0 Å². The van der Waals surface area contributed by atoms with E-state index in [0.29, 0.717) is 0 Å². The predicted octanol–water partition coefficient (Wildman–Crippen LogP) is 1.93. The fraction of sp³-hybridized carbons (Fsp3) is 1.00. The SMILES string of the molecule is CCS(C)(O)CC. The highest BCUT2D eigenvalue weighted by molar-refractivity contribution is 8.28. The van der Waals surface area contributed by atoms with Crippen LogP contribution in [0.2, 0.25) is 0 Å². The van der Waals surface area contributed by atoms with E-state index in [2.05, 4.69) is 0 Å². The van der Waals surface area contributed by atoms with Crippen molar-refractivity contribution in [2.24, 2.45) is 0 Å². The lowest BCUT2D eigenvalue weighted by atomic mass is 11.0. The molecule has 0 amide bonds. The molecule has 0 aliphatic rings. The molecule has 0 aliphatic carbocycles. The van der Waals surface area contributed by atoms with Crippen molar-refractivity contribution in [3.63, 3.8) is 0 Å². The molecule has 0 saturated heterocycles. The van der Waals surface area contributed by atoms with Crippen molar-refractivity contribution in [3.8, 4) is 0 Å². The summed E-state index contributed by atoms with van der Waals surface area (Å²) in [5.41, 5.74) is 0. The van der Waals surface area contributed by atoms with Crippen LogP contribution in [0.1, 0.15) is 13.8 Å². The first-order valence-electron chi connectivity index (χ1n) is 2.58. The summed E-state index contributed by atoms with van der Waals surface area (Å²) >= 11 is 0. The average Bonchev–Trinajstić information content (AvgIpc) is 1.68. The molecule has 7 heavy (non-hydrogen) atoms. The van der Waals surface area contributed by atoms with E-state index in [1.54, 1.807) is 0 Å². The maximum atomic E-state index is 9.22. The zero-order chi connectivity index (χ0) is 5.91. The zero-order valence-electron chi connectivity index (χ0n) is 5.27. The third-order valence-corrected chi connectivity index (χ3v) is 3.73. The van der Waals surface area contributed by atoms with Gasteiger partial charge >= 0.3 is 0 Å². The van der Waals surface area contributed by atoms with E-state index in [-0.39, 0.29) is 0 Å². The summed E-state index contributed by atoms with van der Waals surface area (Å²) < 4.78 is 9.22. The summed E-state index contributed by atoms with van der Waals surface area (Å²) in [7, 11) is -1.16. The van der Waals surface area contributed by atoms with Crippen LogP contribution in [0.25, 0.3) is 0 Å². The summed E-state index contributed by atoms with van der Waals surface area (Å²) in [6.07, 6.45) is 1.94. The van der Waals surface area contributed by atoms with E-state index < -0.39 is 10.3 Å². The highest BCUT2D eigenvalue weighted by Crippen LogP contribution is 2.36. The lowest BCUT2D eigenvalue weighted by Gasteiger charge is -2.24. The molecule has 0 radical (unpaired) electrons. The van der Waals surface area contributed by atoms with E-state index in [1.165, 1.54) is 0 Å². The molecule has 46 valence electrons. The third-order valence-electron chi connectivity index (χ3n) is 1.24. The molecule has 1 N–H and O–H groups in total. The number of hydrogen-bond acceptors (Lipinski definition) is 1. The molecule has 0 aromatic rings. The fourth-order valence-corrected chi connectivity index (χ4v) is 0.612. The predicted molar refractivity (Wildman–Crippen MR) is 37.2 cm³/mol. The van der Waals surface area contributed by atoms with Crippen molar-refractivity contribution >= 4 is 10.3 Å². The summed E-state index contributed by atoms with van der Waals surface area (Å²) in [6, 6.07) is 0. The van der Waals surface area contributed by atoms with Crippen LogP contribution < -0.4 is 0 Å². The maximum Gasteiger partial charge on any atom is -0.00435 e. The van der Waals surface area contributed by atoms with Crippen LogP contribution in [0.5, 0.6) is 0 Å². The largest absolute Gasteiger partial charge is 0.352 e. The van der Waals surface area contributed by atoms with Gasteiger partial charge in [-0.1, -0.05) is 13.8 Å². The second-order valence-corrected chi connectivity index (χ2v) is 5.40. The van der Waals surface area contributed by atoms with Crippen LogP contribution in [-0.2, 0) is 0 Å². The quantitative estimate of drug-likeness (QED) is 0.593. The van der Waals surface area contributed by atoms with Gasteiger partial charge in [-0.05, 0) is 17.8 Å². The van der Waals surface area contributed by atoms with Crippen molar-refractivity contribution in [2.75, 3.05) is 17.8 Å². The van der Waals surface area contributed by atoms with E-state index in [0.717, 1.165) is 11.5 Å². The van der Waals surface area contributed by atoms with Crippen LogP contribution >= 0.6 is 10.3 Å². The first-order chi connectivity index (χ1) is 3.12. The normalized spacial score (nSPS) is 14.3. The molecule has 0 saturated carbocycles. The Kier molecular flexibility index (Phi) is 2.69. The molecule has 0 spiro atoms. The van der Waals surface area contributed by atoms with E-state index in [1.807, 2.05) is 20.1 Å². The highest BCUT2D eigenvalue weighted by Gasteiger charge is 2.04. The topological polar surface area (TPSA) is 20.2 Å². The molecule has 1 nitrogen and oxygen atoms in total. The Hall–Kier alpha value is 0.310. The Labute approximate surface area is 47.3 Å². The third kappa shape index (κ3) is 2.94. The minimum Gasteiger partial charge on any atom is -0.352 e. The van der Waals surface area contributed by atoms with Gasteiger partial charge in [0.1, 0.15) is 0 Å². The molecule has 0 heterocycles. The van der Waals surface area contributed by atoms with Gasteiger partial charge < -0.3 is 4.55 Å². The molecule has 0 aromatic heterocycles. The second-order valence-electron chi connectivity index (χ2n) is 1.80. The van der Waals surface area contributed by atoms with Crippen molar-refractivity contribution in [3.05, 3.63) is 0 Å². The van der Waals surface area contributed by atoms with Gasteiger partial charge in [-0.15, -0.1) is 10.3 Å². The van der Waals surface area contributed by atoms with E-state index in [9.17, 15) is 4.55 Å². The van der Waals surface area contributed by atoms with Gasteiger partial charge in [0, 0.05) is 0 Å². The first-order valence-corrected chi connectivity index (χ1v) is 4.92. The summed E-state index contributed by atoms with van der Waals surface area (Å²) in [6.45, 7) is 4.05. The van der Waals surface area contributed by atoms with Crippen LogP contribution in [0.15, 0.2) is 0 Å². The molecular formula is C5H14OS. The van der Waals surface area contributed by atoms with Gasteiger partial charge in [0.25, 0.3) is 0 Å².